The first kappa shape index (κ1) is 15.1. The lowest BCUT2D eigenvalue weighted by molar-refractivity contribution is -0.385. The van der Waals surface area contributed by atoms with Crippen LogP contribution in [0.15, 0.2) is 40.9 Å². The Morgan fingerprint density at radius 1 is 1.25 bits per heavy atom. The van der Waals surface area contributed by atoms with Crippen LogP contribution < -0.4 is 4.74 Å². The third kappa shape index (κ3) is 3.42. The molecule has 0 spiro atoms. The molecule has 0 N–H and O–H groups in total. The number of benzene rings is 2. The van der Waals surface area contributed by atoms with Gasteiger partial charge >= 0.3 is 5.69 Å². The van der Waals surface area contributed by atoms with E-state index in [-0.39, 0.29) is 17.3 Å². The fraction of sp³-hybridized carbons (Fsp3) is 0.0769. The maximum atomic E-state index is 11.0. The van der Waals surface area contributed by atoms with Crippen LogP contribution in [0.4, 0.5) is 5.69 Å². The molecule has 7 heteroatoms. The maximum Gasteiger partial charge on any atom is 0.312 e. The molecule has 2 aromatic carbocycles. The lowest BCUT2D eigenvalue weighted by Gasteiger charge is -2.08. The highest BCUT2D eigenvalue weighted by Crippen LogP contribution is 2.35. The van der Waals surface area contributed by atoms with Gasteiger partial charge in [0, 0.05) is 21.4 Å². The summed E-state index contributed by atoms with van der Waals surface area (Å²) in [5.74, 6) is 0.847. The summed E-state index contributed by atoms with van der Waals surface area (Å²) in [4.78, 5) is 10.5. The van der Waals surface area contributed by atoms with Crippen LogP contribution in [0, 0.1) is 10.1 Å². The predicted molar refractivity (Wildman–Crippen MR) is 81.9 cm³/mol. The van der Waals surface area contributed by atoms with E-state index in [2.05, 4.69) is 15.9 Å². The van der Waals surface area contributed by atoms with Crippen LogP contribution >= 0.6 is 39.1 Å². The second-order valence-corrected chi connectivity index (χ2v) is 5.45. The third-order valence-corrected chi connectivity index (χ3v) is 3.65. The van der Waals surface area contributed by atoms with Crippen LogP contribution in [0.2, 0.25) is 5.02 Å². The highest BCUT2D eigenvalue weighted by molar-refractivity contribution is 9.10. The van der Waals surface area contributed by atoms with Crippen LogP contribution in [0.5, 0.6) is 11.5 Å². The number of rotatable bonds is 4. The van der Waals surface area contributed by atoms with Crippen molar-refractivity contribution in [1.29, 1.82) is 0 Å². The van der Waals surface area contributed by atoms with Crippen molar-refractivity contribution in [3.8, 4) is 11.5 Å². The summed E-state index contributed by atoms with van der Waals surface area (Å²) < 4.78 is 6.12. The molecule has 0 saturated carbocycles. The van der Waals surface area contributed by atoms with E-state index in [4.69, 9.17) is 27.9 Å². The molecule has 0 heterocycles. The van der Waals surface area contributed by atoms with E-state index < -0.39 is 4.92 Å². The zero-order chi connectivity index (χ0) is 14.7. The van der Waals surface area contributed by atoms with Crippen molar-refractivity contribution in [3.05, 3.63) is 61.6 Å². The van der Waals surface area contributed by atoms with E-state index in [1.54, 1.807) is 24.3 Å². The second kappa shape index (κ2) is 6.43. The zero-order valence-electron chi connectivity index (χ0n) is 9.98. The van der Waals surface area contributed by atoms with Gasteiger partial charge in [-0.2, -0.15) is 0 Å². The third-order valence-electron chi connectivity index (χ3n) is 2.51. The largest absolute Gasteiger partial charge is 0.450 e. The molecule has 20 heavy (non-hydrogen) atoms. The topological polar surface area (TPSA) is 52.4 Å². The quantitative estimate of drug-likeness (QED) is 0.399. The summed E-state index contributed by atoms with van der Waals surface area (Å²) in [5.41, 5.74) is 0.642. The number of halogens is 3. The summed E-state index contributed by atoms with van der Waals surface area (Å²) in [6.07, 6.45) is 0. The summed E-state index contributed by atoms with van der Waals surface area (Å²) in [6.45, 7) is 0. The maximum absolute atomic E-state index is 11.0. The first-order valence-corrected chi connectivity index (χ1v) is 7.18. The number of nitro benzene ring substituents is 1. The molecule has 2 aromatic rings. The van der Waals surface area contributed by atoms with Crippen LogP contribution in [0.3, 0.4) is 0 Å². The van der Waals surface area contributed by atoms with Gasteiger partial charge in [0.2, 0.25) is 5.75 Å². The summed E-state index contributed by atoms with van der Waals surface area (Å²) in [5, 5.41) is 11.4. The molecule has 0 radical (unpaired) electrons. The van der Waals surface area contributed by atoms with Crippen molar-refractivity contribution in [2.24, 2.45) is 0 Å². The summed E-state index contributed by atoms with van der Waals surface area (Å²) in [7, 11) is 0. The van der Waals surface area contributed by atoms with Crippen LogP contribution in [-0.4, -0.2) is 4.92 Å². The zero-order valence-corrected chi connectivity index (χ0v) is 13.1. The summed E-state index contributed by atoms with van der Waals surface area (Å²) in [6, 6.07) is 9.52. The van der Waals surface area contributed by atoms with E-state index in [1.165, 1.54) is 12.1 Å². The monoisotopic (exact) mass is 375 g/mol. The first-order valence-electron chi connectivity index (χ1n) is 5.47. The van der Waals surface area contributed by atoms with Crippen molar-refractivity contribution in [3.63, 3.8) is 0 Å². The molecule has 4 nitrogen and oxygen atoms in total. The van der Waals surface area contributed by atoms with Gasteiger partial charge < -0.3 is 4.74 Å². The predicted octanol–water partition coefficient (Wildman–Crippen LogP) is 5.54. The Morgan fingerprint density at radius 2 is 2.00 bits per heavy atom. The van der Waals surface area contributed by atoms with Crippen molar-refractivity contribution < 1.29 is 9.66 Å². The minimum Gasteiger partial charge on any atom is -0.450 e. The van der Waals surface area contributed by atoms with Crippen molar-refractivity contribution in [2.75, 3.05) is 0 Å². The highest BCUT2D eigenvalue weighted by Gasteiger charge is 2.16. The van der Waals surface area contributed by atoms with E-state index in [0.717, 1.165) is 5.56 Å². The van der Waals surface area contributed by atoms with Crippen LogP contribution in [-0.2, 0) is 5.88 Å². The van der Waals surface area contributed by atoms with Crippen LogP contribution in [0.1, 0.15) is 5.56 Å². The van der Waals surface area contributed by atoms with Gasteiger partial charge in [0.15, 0.2) is 0 Å². The number of alkyl halides is 1. The number of nitro groups is 1. The normalized spacial score (nSPS) is 10.3. The van der Waals surface area contributed by atoms with Gasteiger partial charge in [0.1, 0.15) is 5.75 Å². The highest BCUT2D eigenvalue weighted by atomic mass is 79.9. The van der Waals surface area contributed by atoms with Crippen molar-refractivity contribution >= 4 is 44.8 Å². The molecule has 0 fully saturated rings. The fourth-order valence-electron chi connectivity index (χ4n) is 1.55. The minimum absolute atomic E-state index is 0.128. The molecule has 0 atom stereocenters. The Bertz CT molecular complexity index is 664. The first-order chi connectivity index (χ1) is 9.51. The summed E-state index contributed by atoms with van der Waals surface area (Å²) >= 11 is 14.9. The van der Waals surface area contributed by atoms with Crippen LogP contribution in [0.25, 0.3) is 0 Å². The SMILES string of the molecule is O=[N+]([O-])c1cc(Br)ccc1Oc1ccc(CCl)c(Cl)c1. The average Bonchev–Trinajstić information content (AvgIpc) is 2.41. The fourth-order valence-corrected chi connectivity index (χ4v) is 2.43. The molecule has 2 rings (SSSR count). The molecular formula is C13H8BrCl2NO3. The second-order valence-electron chi connectivity index (χ2n) is 3.86. The molecule has 0 bridgehead atoms. The molecule has 0 aliphatic heterocycles. The van der Waals surface area contributed by atoms with Gasteiger partial charge in [0.25, 0.3) is 0 Å². The van der Waals surface area contributed by atoms with Gasteiger partial charge in [-0.05, 0) is 29.8 Å². The number of nitrogens with zero attached hydrogens (tertiary/aromatic N) is 1. The standard InChI is InChI=1S/C13H8BrCl2NO3/c14-9-2-4-13(12(5-9)17(18)19)20-10-3-1-8(7-15)11(16)6-10/h1-6H,7H2. The Kier molecular flexibility index (Phi) is 4.86. The van der Waals surface area contributed by atoms with Crippen molar-refractivity contribution in [2.45, 2.75) is 5.88 Å². The number of hydrogen-bond donors (Lipinski definition) is 0. The minimum atomic E-state index is -0.505. The van der Waals surface area contributed by atoms with Crippen molar-refractivity contribution in [1.82, 2.24) is 0 Å². The molecule has 0 aromatic heterocycles. The Hall–Kier alpha value is -1.30. The number of hydrogen-bond acceptors (Lipinski definition) is 3. The van der Waals surface area contributed by atoms with Gasteiger partial charge in [-0.3, -0.25) is 10.1 Å². The van der Waals surface area contributed by atoms with E-state index in [1.807, 2.05) is 0 Å². The molecule has 0 unspecified atom stereocenters. The van der Waals surface area contributed by atoms with E-state index in [0.29, 0.717) is 15.2 Å². The molecule has 104 valence electrons. The molecular weight excluding hydrogens is 369 g/mol. The number of ether oxygens (including phenoxy) is 1. The lowest BCUT2D eigenvalue weighted by Crippen LogP contribution is -1.94. The van der Waals surface area contributed by atoms with Gasteiger partial charge in [-0.15, -0.1) is 11.6 Å². The smallest absolute Gasteiger partial charge is 0.312 e. The molecule has 0 amide bonds. The van der Waals surface area contributed by atoms with Gasteiger partial charge in [-0.25, -0.2) is 0 Å². The molecule has 0 aliphatic rings. The Labute approximate surface area is 133 Å². The molecule has 0 aliphatic carbocycles. The Balaban J connectivity index is 2.35. The van der Waals surface area contributed by atoms with E-state index >= 15 is 0 Å². The Morgan fingerprint density at radius 3 is 2.60 bits per heavy atom. The van der Waals surface area contributed by atoms with Gasteiger partial charge in [0.05, 0.1) is 4.92 Å². The average molecular weight is 377 g/mol. The van der Waals surface area contributed by atoms with E-state index in [9.17, 15) is 10.1 Å². The van der Waals surface area contributed by atoms with Gasteiger partial charge in [-0.1, -0.05) is 33.6 Å². The lowest BCUT2D eigenvalue weighted by atomic mass is 10.2. The molecule has 0 saturated heterocycles.